The molecule has 0 spiro atoms. The Balaban J connectivity index is 2.39. The Hall–Kier alpha value is -0.490. The minimum Gasteiger partial charge on any atom is -0.299 e. The summed E-state index contributed by atoms with van der Waals surface area (Å²) < 4.78 is 0.820. The first-order chi connectivity index (χ1) is 5.72. The van der Waals surface area contributed by atoms with Gasteiger partial charge in [-0.1, -0.05) is 17.5 Å². The minimum atomic E-state index is 0.117. The van der Waals surface area contributed by atoms with Crippen LogP contribution in [0.5, 0.6) is 0 Å². The van der Waals surface area contributed by atoms with E-state index in [0.29, 0.717) is 0 Å². The summed E-state index contributed by atoms with van der Waals surface area (Å²) in [4.78, 5) is 1.21. The third-order valence-corrected chi connectivity index (χ3v) is 2.69. The van der Waals surface area contributed by atoms with E-state index in [1.54, 1.807) is 11.3 Å². The Morgan fingerprint density at radius 2 is 2.50 bits per heavy atom. The van der Waals surface area contributed by atoms with Gasteiger partial charge in [-0.2, -0.15) is 0 Å². The normalized spacial score (nSPS) is 12.4. The topological polar surface area (TPSA) is 12.0 Å². The smallest absolute Gasteiger partial charge is 0.0931 e. The number of hydrogen-bond acceptors (Lipinski definition) is 2. The zero-order valence-corrected chi connectivity index (χ0v) is 8.38. The number of rotatable bonds is 3. The second kappa shape index (κ2) is 4.51. The zero-order chi connectivity index (χ0) is 8.97. The first-order valence-electron chi connectivity index (χ1n) is 3.66. The molecule has 0 fully saturated rings. The molecule has 12 heavy (non-hydrogen) atoms. The summed E-state index contributed by atoms with van der Waals surface area (Å²) in [7, 11) is 0. The third-order valence-electron chi connectivity index (χ3n) is 1.46. The van der Waals surface area contributed by atoms with E-state index < -0.39 is 0 Å². The van der Waals surface area contributed by atoms with E-state index in [9.17, 15) is 0 Å². The fraction of sp³-hybridized carbons (Fsp3) is 0.333. The molecule has 0 aliphatic heterocycles. The Kier molecular flexibility index (Phi) is 3.61. The van der Waals surface area contributed by atoms with Crippen molar-refractivity contribution in [3.63, 3.8) is 0 Å². The van der Waals surface area contributed by atoms with Crippen LogP contribution in [0, 0.1) is 12.3 Å². The van der Waals surface area contributed by atoms with Crippen LogP contribution in [0.3, 0.4) is 0 Å². The monoisotopic (exact) mass is 199 g/mol. The molecule has 1 nitrogen and oxygen atoms in total. The van der Waals surface area contributed by atoms with Crippen LogP contribution in [0.25, 0.3) is 0 Å². The molecule has 1 aromatic heterocycles. The van der Waals surface area contributed by atoms with Crippen molar-refractivity contribution in [2.45, 2.75) is 19.5 Å². The van der Waals surface area contributed by atoms with Crippen LogP contribution in [0.15, 0.2) is 12.1 Å². The molecular weight excluding hydrogens is 190 g/mol. The SMILES string of the molecule is C#CC(C)NCc1ccc(Cl)s1. The van der Waals surface area contributed by atoms with Crippen molar-refractivity contribution in [1.29, 1.82) is 0 Å². The second-order valence-electron chi connectivity index (χ2n) is 2.48. The van der Waals surface area contributed by atoms with E-state index in [1.807, 2.05) is 19.1 Å². The van der Waals surface area contributed by atoms with E-state index in [4.69, 9.17) is 18.0 Å². The maximum Gasteiger partial charge on any atom is 0.0931 e. The van der Waals surface area contributed by atoms with Crippen molar-refractivity contribution in [3.05, 3.63) is 21.3 Å². The largest absolute Gasteiger partial charge is 0.299 e. The van der Waals surface area contributed by atoms with E-state index in [1.165, 1.54) is 4.88 Å². The van der Waals surface area contributed by atoms with Gasteiger partial charge in [0.2, 0.25) is 0 Å². The third kappa shape index (κ3) is 2.86. The van der Waals surface area contributed by atoms with Gasteiger partial charge in [0.1, 0.15) is 0 Å². The first kappa shape index (κ1) is 9.60. The molecule has 0 aromatic carbocycles. The molecule has 1 heterocycles. The summed E-state index contributed by atoms with van der Waals surface area (Å²) in [6, 6.07) is 4.01. The fourth-order valence-corrected chi connectivity index (χ4v) is 1.80. The van der Waals surface area contributed by atoms with Crippen LogP contribution >= 0.6 is 22.9 Å². The highest BCUT2D eigenvalue weighted by Crippen LogP contribution is 2.20. The van der Waals surface area contributed by atoms with Crippen LogP contribution in [0.4, 0.5) is 0 Å². The van der Waals surface area contributed by atoms with Crippen molar-refractivity contribution in [2.24, 2.45) is 0 Å². The number of thiophene rings is 1. The van der Waals surface area contributed by atoms with E-state index in [2.05, 4.69) is 11.2 Å². The molecule has 64 valence electrons. The number of hydrogen-bond donors (Lipinski definition) is 1. The predicted octanol–water partition coefficient (Wildman–Crippen LogP) is 2.51. The summed E-state index contributed by atoms with van der Waals surface area (Å²) in [5, 5.41) is 3.18. The standard InChI is InChI=1S/C9H10ClNS/c1-3-7(2)11-6-8-4-5-9(10)12-8/h1,4-5,7,11H,6H2,2H3. The summed E-state index contributed by atoms with van der Waals surface area (Å²) in [6.07, 6.45) is 5.21. The molecule has 1 aromatic rings. The molecule has 1 N–H and O–H groups in total. The fourth-order valence-electron chi connectivity index (χ4n) is 0.759. The molecule has 0 bridgehead atoms. The summed E-state index contributed by atoms with van der Waals surface area (Å²) in [5.74, 6) is 2.60. The van der Waals surface area contributed by atoms with E-state index >= 15 is 0 Å². The molecule has 0 aliphatic carbocycles. The van der Waals surface area contributed by atoms with Gasteiger partial charge >= 0.3 is 0 Å². The molecule has 0 saturated carbocycles. The zero-order valence-electron chi connectivity index (χ0n) is 6.80. The maximum atomic E-state index is 5.76. The summed E-state index contributed by atoms with van der Waals surface area (Å²) in [5.41, 5.74) is 0. The van der Waals surface area contributed by atoms with Gasteiger partial charge in [-0.15, -0.1) is 17.8 Å². The van der Waals surface area contributed by atoms with Gasteiger partial charge in [0.25, 0.3) is 0 Å². The number of terminal acetylenes is 1. The van der Waals surface area contributed by atoms with Crippen LogP contribution in [0.2, 0.25) is 4.34 Å². The van der Waals surface area contributed by atoms with Crippen LogP contribution in [-0.4, -0.2) is 6.04 Å². The van der Waals surface area contributed by atoms with Crippen LogP contribution in [0.1, 0.15) is 11.8 Å². The van der Waals surface area contributed by atoms with Crippen molar-refractivity contribution < 1.29 is 0 Å². The Morgan fingerprint density at radius 3 is 3.00 bits per heavy atom. The molecule has 1 rings (SSSR count). The van der Waals surface area contributed by atoms with Gasteiger partial charge in [-0.05, 0) is 19.1 Å². The highest BCUT2D eigenvalue weighted by atomic mass is 35.5. The van der Waals surface area contributed by atoms with Crippen molar-refractivity contribution in [3.8, 4) is 12.3 Å². The van der Waals surface area contributed by atoms with Crippen molar-refractivity contribution >= 4 is 22.9 Å². The lowest BCUT2D eigenvalue weighted by Gasteiger charge is -2.04. The Bertz CT molecular complexity index is 287. The molecular formula is C9H10ClNS. The lowest BCUT2D eigenvalue weighted by atomic mass is 10.3. The summed E-state index contributed by atoms with van der Waals surface area (Å²) >= 11 is 7.33. The van der Waals surface area contributed by atoms with Gasteiger partial charge in [0, 0.05) is 11.4 Å². The lowest BCUT2D eigenvalue weighted by molar-refractivity contribution is 0.654. The molecule has 3 heteroatoms. The number of halogens is 1. The van der Waals surface area contributed by atoms with Gasteiger partial charge in [-0.25, -0.2) is 0 Å². The van der Waals surface area contributed by atoms with Gasteiger partial charge in [0.05, 0.1) is 10.4 Å². The Labute approximate surface area is 81.7 Å². The highest BCUT2D eigenvalue weighted by Gasteiger charge is 1.99. The molecule has 0 aliphatic rings. The minimum absolute atomic E-state index is 0.117. The molecule has 0 amide bonds. The maximum absolute atomic E-state index is 5.76. The second-order valence-corrected chi connectivity index (χ2v) is 4.27. The average Bonchev–Trinajstić information content (AvgIpc) is 2.47. The first-order valence-corrected chi connectivity index (χ1v) is 4.85. The van der Waals surface area contributed by atoms with E-state index in [0.717, 1.165) is 10.9 Å². The predicted molar refractivity (Wildman–Crippen MR) is 54.5 cm³/mol. The quantitative estimate of drug-likeness (QED) is 0.738. The summed E-state index contributed by atoms with van der Waals surface area (Å²) in [6.45, 7) is 2.75. The molecule has 1 atom stereocenters. The Morgan fingerprint density at radius 1 is 1.75 bits per heavy atom. The average molecular weight is 200 g/mol. The van der Waals surface area contributed by atoms with Gasteiger partial charge in [-0.3, -0.25) is 5.32 Å². The van der Waals surface area contributed by atoms with Crippen molar-refractivity contribution in [2.75, 3.05) is 0 Å². The van der Waals surface area contributed by atoms with Gasteiger partial charge < -0.3 is 0 Å². The van der Waals surface area contributed by atoms with Gasteiger partial charge in [0.15, 0.2) is 0 Å². The molecule has 0 radical (unpaired) electrons. The molecule has 0 saturated heterocycles. The van der Waals surface area contributed by atoms with Crippen LogP contribution in [-0.2, 0) is 6.54 Å². The molecule has 1 unspecified atom stereocenters. The lowest BCUT2D eigenvalue weighted by Crippen LogP contribution is -2.22. The van der Waals surface area contributed by atoms with Crippen LogP contribution < -0.4 is 5.32 Å². The van der Waals surface area contributed by atoms with Crippen molar-refractivity contribution in [1.82, 2.24) is 5.32 Å². The number of nitrogens with one attached hydrogen (secondary N) is 1. The van der Waals surface area contributed by atoms with E-state index in [-0.39, 0.29) is 6.04 Å². The highest BCUT2D eigenvalue weighted by molar-refractivity contribution is 7.16.